The molecule has 3 aromatic rings. The molecule has 0 spiro atoms. The summed E-state index contributed by atoms with van der Waals surface area (Å²) in [7, 11) is 0. The molecule has 0 unspecified atom stereocenters. The van der Waals surface area contributed by atoms with Crippen molar-refractivity contribution in [1.82, 2.24) is 4.98 Å². The van der Waals surface area contributed by atoms with Crippen LogP contribution in [-0.4, -0.2) is 10.8 Å². The van der Waals surface area contributed by atoms with Crippen LogP contribution in [-0.2, 0) is 0 Å². The average molecular weight is 250 g/mol. The van der Waals surface area contributed by atoms with E-state index in [0.717, 1.165) is 5.52 Å². The van der Waals surface area contributed by atoms with Crippen LogP contribution >= 0.6 is 0 Å². The summed E-state index contributed by atoms with van der Waals surface area (Å²) in [6.45, 7) is 1.74. The summed E-state index contributed by atoms with van der Waals surface area (Å²) in [4.78, 5) is 15.5. The van der Waals surface area contributed by atoms with Gasteiger partial charge in [-0.2, -0.15) is 5.26 Å². The lowest BCUT2D eigenvalue weighted by molar-refractivity contribution is 0.103. The molecule has 4 nitrogen and oxygen atoms in total. The number of aromatic nitrogens is 1. The van der Waals surface area contributed by atoms with Crippen molar-refractivity contribution >= 4 is 16.7 Å². The van der Waals surface area contributed by atoms with Gasteiger partial charge in [0.25, 0.3) is 0 Å². The van der Waals surface area contributed by atoms with Crippen molar-refractivity contribution in [2.24, 2.45) is 0 Å². The number of carbonyl (C=O) groups is 1. The Morgan fingerprint density at radius 1 is 1.32 bits per heavy atom. The minimum absolute atomic E-state index is 0.139. The maximum atomic E-state index is 12.5. The first-order valence-corrected chi connectivity index (χ1v) is 5.81. The molecule has 0 aliphatic heterocycles. The van der Waals surface area contributed by atoms with E-state index in [1.165, 1.54) is 6.26 Å². The van der Waals surface area contributed by atoms with Crippen molar-refractivity contribution in [2.75, 3.05) is 0 Å². The lowest BCUT2D eigenvalue weighted by Gasteiger charge is -1.99. The number of fused-ring (bicyclic) bond motifs is 1. The fraction of sp³-hybridized carbons (Fsp3) is 0.0667. The van der Waals surface area contributed by atoms with Gasteiger partial charge >= 0.3 is 0 Å². The summed E-state index contributed by atoms with van der Waals surface area (Å²) in [5, 5.41) is 9.81. The van der Waals surface area contributed by atoms with Crippen LogP contribution in [0.4, 0.5) is 0 Å². The number of ketones is 1. The van der Waals surface area contributed by atoms with E-state index in [-0.39, 0.29) is 5.78 Å². The standard InChI is InChI=1S/C15H10N2O2/c1-9-11(5-6-19-9)15(18)12-8-17-13-4-2-3-10(7-16)14(12)13/h2-6,8,17H,1H3. The maximum absolute atomic E-state index is 12.5. The van der Waals surface area contributed by atoms with Crippen molar-refractivity contribution in [1.29, 1.82) is 5.26 Å². The number of hydrogen-bond donors (Lipinski definition) is 1. The third-order valence-corrected chi connectivity index (χ3v) is 3.17. The Morgan fingerprint density at radius 3 is 2.84 bits per heavy atom. The fourth-order valence-electron chi connectivity index (χ4n) is 2.22. The zero-order valence-electron chi connectivity index (χ0n) is 10.2. The molecule has 19 heavy (non-hydrogen) atoms. The number of aromatic amines is 1. The SMILES string of the molecule is Cc1occc1C(=O)c1c[nH]c2cccc(C#N)c12. The number of carbonyl (C=O) groups excluding carboxylic acids is 1. The van der Waals surface area contributed by atoms with E-state index in [9.17, 15) is 4.79 Å². The summed E-state index contributed by atoms with van der Waals surface area (Å²) in [6, 6.07) is 9.09. The lowest BCUT2D eigenvalue weighted by Crippen LogP contribution is -2.01. The number of benzene rings is 1. The van der Waals surface area contributed by atoms with Crippen molar-refractivity contribution in [2.45, 2.75) is 6.92 Å². The summed E-state index contributed by atoms with van der Waals surface area (Å²) < 4.78 is 5.16. The van der Waals surface area contributed by atoms with Gasteiger partial charge in [-0.05, 0) is 25.1 Å². The van der Waals surface area contributed by atoms with E-state index in [0.29, 0.717) is 27.8 Å². The minimum Gasteiger partial charge on any atom is -0.469 e. The Bertz CT molecular complexity index is 818. The van der Waals surface area contributed by atoms with Gasteiger partial charge in [-0.15, -0.1) is 0 Å². The predicted molar refractivity (Wildman–Crippen MR) is 69.9 cm³/mol. The van der Waals surface area contributed by atoms with Crippen LogP contribution < -0.4 is 0 Å². The number of rotatable bonds is 2. The molecule has 2 aromatic heterocycles. The quantitative estimate of drug-likeness (QED) is 0.710. The molecule has 0 atom stereocenters. The van der Waals surface area contributed by atoms with Crippen LogP contribution in [0, 0.1) is 18.3 Å². The molecule has 0 radical (unpaired) electrons. The van der Waals surface area contributed by atoms with Crippen LogP contribution in [0.1, 0.15) is 27.2 Å². The van der Waals surface area contributed by atoms with Gasteiger partial charge in [0, 0.05) is 22.7 Å². The number of aryl methyl sites for hydroxylation is 1. The highest BCUT2D eigenvalue weighted by atomic mass is 16.3. The molecule has 0 amide bonds. The Labute approximate surface area is 109 Å². The number of H-pyrrole nitrogens is 1. The van der Waals surface area contributed by atoms with Crippen LogP contribution in [0.5, 0.6) is 0 Å². The van der Waals surface area contributed by atoms with Crippen molar-refractivity contribution in [3.63, 3.8) is 0 Å². The van der Waals surface area contributed by atoms with Gasteiger partial charge in [0.15, 0.2) is 5.78 Å². The zero-order chi connectivity index (χ0) is 13.4. The van der Waals surface area contributed by atoms with E-state index < -0.39 is 0 Å². The zero-order valence-corrected chi connectivity index (χ0v) is 10.2. The first-order chi connectivity index (χ1) is 9.22. The number of furan rings is 1. The molecule has 3 rings (SSSR count). The second-order valence-electron chi connectivity index (χ2n) is 4.26. The van der Waals surface area contributed by atoms with E-state index in [1.54, 1.807) is 31.3 Å². The molecule has 1 aromatic carbocycles. The molecular formula is C15H10N2O2. The van der Waals surface area contributed by atoms with Crippen LogP contribution in [0.2, 0.25) is 0 Å². The first-order valence-electron chi connectivity index (χ1n) is 5.81. The molecule has 0 saturated carbocycles. The molecule has 0 fully saturated rings. The Kier molecular flexibility index (Phi) is 2.46. The first kappa shape index (κ1) is 11.3. The maximum Gasteiger partial charge on any atom is 0.198 e. The van der Waals surface area contributed by atoms with Gasteiger partial charge in [0.05, 0.1) is 23.5 Å². The monoisotopic (exact) mass is 250 g/mol. The smallest absolute Gasteiger partial charge is 0.198 e. The van der Waals surface area contributed by atoms with Crippen molar-refractivity contribution in [3.8, 4) is 6.07 Å². The van der Waals surface area contributed by atoms with E-state index in [1.807, 2.05) is 6.07 Å². The molecular weight excluding hydrogens is 240 g/mol. The highest BCUT2D eigenvalue weighted by Crippen LogP contribution is 2.25. The molecule has 1 N–H and O–H groups in total. The average Bonchev–Trinajstić information content (AvgIpc) is 3.03. The van der Waals surface area contributed by atoms with E-state index in [2.05, 4.69) is 11.1 Å². The van der Waals surface area contributed by atoms with Crippen molar-refractivity contribution in [3.05, 3.63) is 59.2 Å². The molecule has 2 heterocycles. The molecule has 0 aliphatic carbocycles. The summed E-state index contributed by atoms with van der Waals surface area (Å²) in [5.74, 6) is 0.439. The molecule has 0 aliphatic rings. The van der Waals surface area contributed by atoms with Gasteiger partial charge in [-0.1, -0.05) is 6.07 Å². The molecule has 0 saturated heterocycles. The van der Waals surface area contributed by atoms with E-state index >= 15 is 0 Å². The van der Waals surface area contributed by atoms with Crippen LogP contribution in [0.15, 0.2) is 41.1 Å². The molecule has 0 bridgehead atoms. The van der Waals surface area contributed by atoms with Gasteiger partial charge in [0.2, 0.25) is 0 Å². The van der Waals surface area contributed by atoms with E-state index in [4.69, 9.17) is 9.68 Å². The lowest BCUT2D eigenvalue weighted by atomic mass is 10.0. The van der Waals surface area contributed by atoms with Crippen molar-refractivity contribution < 1.29 is 9.21 Å². The number of hydrogen-bond acceptors (Lipinski definition) is 3. The van der Waals surface area contributed by atoms with Crippen LogP contribution in [0.3, 0.4) is 0 Å². The number of nitriles is 1. The second-order valence-corrected chi connectivity index (χ2v) is 4.26. The Morgan fingerprint density at radius 2 is 2.16 bits per heavy atom. The fourth-order valence-corrected chi connectivity index (χ4v) is 2.22. The van der Waals surface area contributed by atoms with Crippen LogP contribution in [0.25, 0.3) is 10.9 Å². The Balaban J connectivity index is 2.25. The highest BCUT2D eigenvalue weighted by molar-refractivity contribution is 6.17. The minimum atomic E-state index is -0.139. The number of nitrogens with one attached hydrogen (secondary N) is 1. The Hall–Kier alpha value is -2.80. The largest absolute Gasteiger partial charge is 0.469 e. The normalized spacial score (nSPS) is 10.5. The second kappa shape index (κ2) is 4.14. The summed E-state index contributed by atoms with van der Waals surface area (Å²) in [5.41, 5.74) is 2.29. The summed E-state index contributed by atoms with van der Waals surface area (Å²) in [6.07, 6.45) is 3.13. The van der Waals surface area contributed by atoms with Gasteiger partial charge < -0.3 is 9.40 Å². The third-order valence-electron chi connectivity index (χ3n) is 3.17. The predicted octanol–water partition coefficient (Wildman–Crippen LogP) is 3.17. The topological polar surface area (TPSA) is 69.8 Å². The number of nitrogens with zero attached hydrogens (tertiary/aromatic N) is 1. The summed E-state index contributed by atoms with van der Waals surface area (Å²) >= 11 is 0. The molecule has 4 heteroatoms. The van der Waals surface area contributed by atoms with Gasteiger partial charge in [-0.25, -0.2) is 0 Å². The highest BCUT2D eigenvalue weighted by Gasteiger charge is 2.19. The van der Waals surface area contributed by atoms with Gasteiger partial charge in [-0.3, -0.25) is 4.79 Å². The van der Waals surface area contributed by atoms with Gasteiger partial charge in [0.1, 0.15) is 5.76 Å². The third kappa shape index (κ3) is 1.64. The molecule has 92 valence electrons.